The van der Waals surface area contributed by atoms with Crippen molar-refractivity contribution in [2.75, 3.05) is 50.9 Å². The second-order valence-corrected chi connectivity index (χ2v) is 4.75. The zero-order valence-electron chi connectivity index (χ0n) is 11.7. The summed E-state index contributed by atoms with van der Waals surface area (Å²) in [6.45, 7) is 2.64. The molecule has 1 aromatic carbocycles. The number of alkyl halides is 3. The Balaban J connectivity index is 1.70. The van der Waals surface area contributed by atoms with Crippen LogP contribution in [0, 0.1) is 0 Å². The molecule has 0 spiro atoms. The highest BCUT2D eigenvalue weighted by molar-refractivity contribution is 5.49. The molecule has 0 amide bonds. The van der Waals surface area contributed by atoms with Crippen LogP contribution in [0.25, 0.3) is 0 Å². The third kappa shape index (κ3) is 5.81. The van der Waals surface area contributed by atoms with Gasteiger partial charge in [-0.2, -0.15) is 13.2 Å². The monoisotopic (exact) mass is 304 g/mol. The normalized spacial score (nSPS) is 16.0. The first-order valence-corrected chi connectivity index (χ1v) is 6.88. The molecule has 1 fully saturated rings. The van der Waals surface area contributed by atoms with Crippen LogP contribution in [0.5, 0.6) is 5.75 Å². The minimum Gasteiger partial charge on any atom is -0.491 e. The van der Waals surface area contributed by atoms with Gasteiger partial charge in [-0.25, -0.2) is 0 Å². The molecule has 0 bridgehead atoms. The summed E-state index contributed by atoms with van der Waals surface area (Å²) >= 11 is 0. The van der Waals surface area contributed by atoms with Crippen LogP contribution < -0.4 is 15.0 Å². The lowest BCUT2D eigenvalue weighted by Crippen LogP contribution is -2.43. The average molecular weight is 304 g/mol. The van der Waals surface area contributed by atoms with Gasteiger partial charge in [-0.15, -0.1) is 0 Å². The fourth-order valence-corrected chi connectivity index (χ4v) is 2.08. The first-order valence-electron chi connectivity index (χ1n) is 6.88. The smallest absolute Gasteiger partial charge is 0.411 e. The summed E-state index contributed by atoms with van der Waals surface area (Å²) in [4.78, 5) is 2.27. The SMILES string of the molecule is FC(F)(F)COCCOc1ccc(N2CCNCC2)cc1. The number of anilines is 1. The Hall–Kier alpha value is -1.47. The molecule has 4 nitrogen and oxygen atoms in total. The quantitative estimate of drug-likeness (QED) is 0.816. The topological polar surface area (TPSA) is 33.7 Å². The van der Waals surface area contributed by atoms with E-state index in [9.17, 15) is 13.2 Å². The number of nitrogens with one attached hydrogen (secondary N) is 1. The molecule has 0 aliphatic carbocycles. The molecule has 1 aliphatic rings. The number of ether oxygens (including phenoxy) is 2. The van der Waals surface area contributed by atoms with Crippen molar-refractivity contribution >= 4 is 5.69 Å². The molecule has 1 heterocycles. The first-order chi connectivity index (χ1) is 10.0. The van der Waals surface area contributed by atoms with Gasteiger partial charge in [0.1, 0.15) is 19.0 Å². The van der Waals surface area contributed by atoms with Crippen LogP contribution in [-0.4, -0.2) is 52.2 Å². The average Bonchev–Trinajstić information content (AvgIpc) is 2.47. The lowest BCUT2D eigenvalue weighted by atomic mass is 10.2. The van der Waals surface area contributed by atoms with Crippen molar-refractivity contribution in [3.63, 3.8) is 0 Å². The molecule has 0 atom stereocenters. The maximum absolute atomic E-state index is 11.9. The number of hydrogen-bond donors (Lipinski definition) is 1. The van der Waals surface area contributed by atoms with Gasteiger partial charge in [0.15, 0.2) is 0 Å². The number of halogens is 3. The van der Waals surface area contributed by atoms with Crippen molar-refractivity contribution in [3.8, 4) is 5.75 Å². The number of rotatable bonds is 6. The van der Waals surface area contributed by atoms with E-state index in [1.807, 2.05) is 24.3 Å². The standard InChI is InChI=1S/C14H19F3N2O2/c15-14(16,17)11-20-9-10-21-13-3-1-12(2-4-13)19-7-5-18-6-8-19/h1-4,18H,5-11H2. The van der Waals surface area contributed by atoms with Gasteiger partial charge in [0.2, 0.25) is 0 Å². The number of hydrogen-bond acceptors (Lipinski definition) is 4. The van der Waals surface area contributed by atoms with E-state index in [2.05, 4.69) is 15.0 Å². The van der Waals surface area contributed by atoms with E-state index in [4.69, 9.17) is 4.74 Å². The minimum atomic E-state index is -4.29. The van der Waals surface area contributed by atoms with Crippen LogP contribution in [0.15, 0.2) is 24.3 Å². The molecule has 7 heteroatoms. The summed E-state index contributed by atoms with van der Waals surface area (Å²) in [5, 5.41) is 3.29. The van der Waals surface area contributed by atoms with Crippen molar-refractivity contribution in [2.45, 2.75) is 6.18 Å². The van der Waals surface area contributed by atoms with E-state index >= 15 is 0 Å². The maximum Gasteiger partial charge on any atom is 0.411 e. The van der Waals surface area contributed by atoms with Gasteiger partial charge in [-0.1, -0.05) is 0 Å². The molecule has 118 valence electrons. The van der Waals surface area contributed by atoms with Crippen molar-refractivity contribution < 1.29 is 22.6 Å². The van der Waals surface area contributed by atoms with Crippen molar-refractivity contribution in [1.29, 1.82) is 0 Å². The fourth-order valence-electron chi connectivity index (χ4n) is 2.08. The number of piperazine rings is 1. The number of nitrogens with zero attached hydrogens (tertiary/aromatic N) is 1. The van der Waals surface area contributed by atoms with Crippen molar-refractivity contribution in [1.82, 2.24) is 5.32 Å². The third-order valence-electron chi connectivity index (χ3n) is 3.08. The molecule has 0 aromatic heterocycles. The summed E-state index contributed by atoms with van der Waals surface area (Å²) in [5.41, 5.74) is 1.12. The fraction of sp³-hybridized carbons (Fsp3) is 0.571. The molecule has 1 aliphatic heterocycles. The highest BCUT2D eigenvalue weighted by atomic mass is 19.4. The Labute approximate surface area is 121 Å². The third-order valence-corrected chi connectivity index (χ3v) is 3.08. The molecule has 21 heavy (non-hydrogen) atoms. The highest BCUT2D eigenvalue weighted by Crippen LogP contribution is 2.20. The van der Waals surface area contributed by atoms with Gasteiger partial charge >= 0.3 is 6.18 Å². The van der Waals surface area contributed by atoms with Crippen molar-refractivity contribution in [2.24, 2.45) is 0 Å². The largest absolute Gasteiger partial charge is 0.491 e. The van der Waals surface area contributed by atoms with Crippen LogP contribution in [0.4, 0.5) is 18.9 Å². The molecule has 1 saturated heterocycles. The predicted molar refractivity (Wildman–Crippen MR) is 73.9 cm³/mol. The summed E-state index contributed by atoms with van der Waals surface area (Å²) in [5.74, 6) is 0.629. The minimum absolute atomic E-state index is 0.0843. The van der Waals surface area contributed by atoms with E-state index in [1.165, 1.54) is 0 Å². The van der Waals surface area contributed by atoms with Gasteiger partial charge in [0.25, 0.3) is 0 Å². The summed E-state index contributed by atoms with van der Waals surface area (Å²) < 4.78 is 45.4. The van der Waals surface area contributed by atoms with Gasteiger partial charge in [0.05, 0.1) is 6.61 Å². The van der Waals surface area contributed by atoms with Crippen LogP contribution in [0.1, 0.15) is 0 Å². The Morgan fingerprint density at radius 2 is 1.71 bits per heavy atom. The van der Waals surface area contributed by atoms with Gasteiger partial charge < -0.3 is 19.7 Å². The molecular weight excluding hydrogens is 285 g/mol. The lowest BCUT2D eigenvalue weighted by Gasteiger charge is -2.29. The zero-order chi connectivity index (χ0) is 15.1. The van der Waals surface area contributed by atoms with E-state index in [-0.39, 0.29) is 13.2 Å². The summed E-state index contributed by atoms with van der Waals surface area (Å²) in [7, 11) is 0. The zero-order valence-corrected chi connectivity index (χ0v) is 11.7. The van der Waals surface area contributed by atoms with Crippen LogP contribution in [-0.2, 0) is 4.74 Å². The second kappa shape index (κ2) is 7.51. The molecule has 0 unspecified atom stereocenters. The predicted octanol–water partition coefficient (Wildman–Crippen LogP) is 2.05. The lowest BCUT2D eigenvalue weighted by molar-refractivity contribution is -0.175. The summed E-state index contributed by atoms with van der Waals surface area (Å²) in [6, 6.07) is 7.55. The van der Waals surface area contributed by atoms with E-state index in [0.717, 1.165) is 31.9 Å². The van der Waals surface area contributed by atoms with E-state index in [0.29, 0.717) is 5.75 Å². The Morgan fingerprint density at radius 1 is 1.05 bits per heavy atom. The first kappa shape index (κ1) is 15.9. The molecule has 0 saturated carbocycles. The molecule has 0 radical (unpaired) electrons. The molecular formula is C14H19F3N2O2. The highest BCUT2D eigenvalue weighted by Gasteiger charge is 2.27. The van der Waals surface area contributed by atoms with Crippen LogP contribution in [0.3, 0.4) is 0 Å². The second-order valence-electron chi connectivity index (χ2n) is 4.75. The Kier molecular flexibility index (Phi) is 5.69. The van der Waals surface area contributed by atoms with E-state index < -0.39 is 12.8 Å². The molecule has 1 N–H and O–H groups in total. The molecule has 1 aromatic rings. The maximum atomic E-state index is 11.9. The van der Waals surface area contributed by atoms with Gasteiger partial charge in [-0.3, -0.25) is 0 Å². The van der Waals surface area contributed by atoms with Crippen LogP contribution >= 0.6 is 0 Å². The van der Waals surface area contributed by atoms with Crippen LogP contribution in [0.2, 0.25) is 0 Å². The van der Waals surface area contributed by atoms with E-state index in [1.54, 1.807) is 0 Å². The Morgan fingerprint density at radius 3 is 2.33 bits per heavy atom. The number of benzene rings is 1. The van der Waals surface area contributed by atoms with Gasteiger partial charge in [-0.05, 0) is 24.3 Å². The molecule has 2 rings (SSSR count). The Bertz CT molecular complexity index is 417. The van der Waals surface area contributed by atoms with Gasteiger partial charge in [0, 0.05) is 31.9 Å². The van der Waals surface area contributed by atoms with Crippen molar-refractivity contribution in [3.05, 3.63) is 24.3 Å². The summed E-state index contributed by atoms with van der Waals surface area (Å²) in [6.07, 6.45) is -4.29.